The minimum absolute atomic E-state index is 0.528. The van der Waals surface area contributed by atoms with Crippen molar-refractivity contribution >= 4 is 0 Å². The molecule has 2 N–H and O–H groups in total. The Balaban J connectivity index is 2.17. The molecule has 0 amide bonds. The van der Waals surface area contributed by atoms with E-state index in [9.17, 15) is 0 Å². The lowest BCUT2D eigenvalue weighted by atomic mass is 9.85. The smallest absolute Gasteiger partial charge is 0.0686 e. The van der Waals surface area contributed by atoms with Gasteiger partial charge in [0.2, 0.25) is 0 Å². The first-order valence-corrected chi connectivity index (χ1v) is 5.33. The summed E-state index contributed by atoms with van der Waals surface area (Å²) in [6.07, 6.45) is 6.86. The third-order valence-electron chi connectivity index (χ3n) is 2.84. The molecule has 0 heterocycles. The molecule has 0 fully saturated rings. The summed E-state index contributed by atoms with van der Waals surface area (Å²) < 4.78 is 5.58. The zero-order valence-corrected chi connectivity index (χ0v) is 9.04. The zero-order chi connectivity index (χ0) is 10.4. The topological polar surface area (TPSA) is 35.2 Å². The van der Waals surface area contributed by atoms with Crippen molar-refractivity contribution < 1.29 is 4.74 Å². The molecule has 1 aliphatic rings. The predicted molar refractivity (Wildman–Crippen MR) is 60.0 cm³/mol. The van der Waals surface area contributed by atoms with Gasteiger partial charge < -0.3 is 10.5 Å². The maximum Gasteiger partial charge on any atom is 0.0686 e. The Morgan fingerprint density at radius 2 is 2.21 bits per heavy atom. The second-order valence-corrected chi connectivity index (χ2v) is 4.15. The molecule has 2 unspecified atom stereocenters. The molecular weight excluding hydrogens is 174 g/mol. The van der Waals surface area contributed by atoms with Gasteiger partial charge in [0.15, 0.2) is 0 Å². The van der Waals surface area contributed by atoms with Crippen LogP contribution in [0.2, 0.25) is 0 Å². The van der Waals surface area contributed by atoms with Crippen molar-refractivity contribution in [1.82, 2.24) is 0 Å². The maximum atomic E-state index is 5.58. The van der Waals surface area contributed by atoms with E-state index in [-0.39, 0.29) is 0 Å². The van der Waals surface area contributed by atoms with Crippen LogP contribution in [0.4, 0.5) is 0 Å². The van der Waals surface area contributed by atoms with Gasteiger partial charge in [-0.1, -0.05) is 25.7 Å². The molecule has 0 radical (unpaired) electrons. The fourth-order valence-corrected chi connectivity index (χ4v) is 1.65. The van der Waals surface area contributed by atoms with Gasteiger partial charge in [-0.05, 0) is 30.3 Å². The lowest BCUT2D eigenvalue weighted by Crippen LogP contribution is -2.20. The number of ether oxygens (including phenoxy) is 1. The van der Waals surface area contributed by atoms with Crippen molar-refractivity contribution in [3.8, 4) is 0 Å². The molecular formula is C12H21NO. The normalized spacial score (nSPS) is 26.4. The third kappa shape index (κ3) is 3.64. The van der Waals surface area contributed by atoms with Crippen LogP contribution in [-0.4, -0.2) is 19.8 Å². The standard InChI is InChI=1S/C12H21NO/c1-10(7-13)8-14-9-12-6-4-3-5-11(12)2/h3-4,11-12H,1,5-9,13H2,2H3. The lowest BCUT2D eigenvalue weighted by Gasteiger charge is -2.25. The molecule has 2 nitrogen and oxygen atoms in total. The molecule has 80 valence electrons. The van der Waals surface area contributed by atoms with Crippen molar-refractivity contribution in [3.63, 3.8) is 0 Å². The summed E-state index contributed by atoms with van der Waals surface area (Å²) in [5, 5.41) is 0. The quantitative estimate of drug-likeness (QED) is 0.682. The van der Waals surface area contributed by atoms with Crippen molar-refractivity contribution in [2.45, 2.75) is 19.8 Å². The molecule has 0 bridgehead atoms. The van der Waals surface area contributed by atoms with Gasteiger partial charge in [-0.3, -0.25) is 0 Å². The molecule has 0 spiro atoms. The van der Waals surface area contributed by atoms with Crippen LogP contribution in [-0.2, 0) is 4.74 Å². The Bertz CT molecular complexity index is 210. The Kier molecular flexibility index (Phi) is 4.91. The number of hydrogen-bond donors (Lipinski definition) is 1. The van der Waals surface area contributed by atoms with Gasteiger partial charge in [0, 0.05) is 6.54 Å². The highest BCUT2D eigenvalue weighted by Gasteiger charge is 2.17. The number of nitrogens with two attached hydrogens (primary N) is 1. The predicted octanol–water partition coefficient (Wildman–Crippen LogP) is 2.12. The van der Waals surface area contributed by atoms with E-state index >= 15 is 0 Å². The Morgan fingerprint density at radius 1 is 1.50 bits per heavy atom. The monoisotopic (exact) mass is 195 g/mol. The van der Waals surface area contributed by atoms with E-state index in [1.54, 1.807) is 0 Å². The SMILES string of the molecule is C=C(CN)COCC1CC=CCC1C. The number of rotatable bonds is 5. The van der Waals surface area contributed by atoms with Crippen LogP contribution in [0.15, 0.2) is 24.3 Å². The lowest BCUT2D eigenvalue weighted by molar-refractivity contribution is 0.0942. The summed E-state index contributed by atoms with van der Waals surface area (Å²) in [5.74, 6) is 1.41. The summed E-state index contributed by atoms with van der Waals surface area (Å²) in [4.78, 5) is 0. The number of allylic oxidation sites excluding steroid dienone is 2. The first kappa shape index (κ1) is 11.5. The van der Waals surface area contributed by atoms with Crippen LogP contribution in [0.5, 0.6) is 0 Å². The Hall–Kier alpha value is -0.600. The summed E-state index contributed by atoms with van der Waals surface area (Å²) >= 11 is 0. The fourth-order valence-electron chi connectivity index (χ4n) is 1.65. The molecule has 2 atom stereocenters. The van der Waals surface area contributed by atoms with Gasteiger partial charge in [-0.25, -0.2) is 0 Å². The number of hydrogen-bond acceptors (Lipinski definition) is 2. The highest BCUT2D eigenvalue weighted by molar-refractivity contribution is 4.96. The third-order valence-corrected chi connectivity index (χ3v) is 2.84. The van der Waals surface area contributed by atoms with Crippen LogP contribution in [0.1, 0.15) is 19.8 Å². The van der Waals surface area contributed by atoms with Gasteiger partial charge in [0.05, 0.1) is 13.2 Å². The van der Waals surface area contributed by atoms with Crippen molar-refractivity contribution in [1.29, 1.82) is 0 Å². The molecule has 14 heavy (non-hydrogen) atoms. The zero-order valence-electron chi connectivity index (χ0n) is 9.04. The van der Waals surface area contributed by atoms with Crippen molar-refractivity contribution in [2.24, 2.45) is 17.6 Å². The summed E-state index contributed by atoms with van der Waals surface area (Å²) in [7, 11) is 0. The highest BCUT2D eigenvalue weighted by atomic mass is 16.5. The molecule has 1 rings (SSSR count). The largest absolute Gasteiger partial charge is 0.377 e. The van der Waals surface area contributed by atoms with Crippen molar-refractivity contribution in [3.05, 3.63) is 24.3 Å². The first-order chi connectivity index (χ1) is 6.74. The molecule has 2 heteroatoms. The Morgan fingerprint density at radius 3 is 2.86 bits per heavy atom. The van der Waals surface area contributed by atoms with Gasteiger partial charge in [0.25, 0.3) is 0 Å². The Labute approximate surface area is 86.8 Å². The van der Waals surface area contributed by atoms with Gasteiger partial charge in [-0.15, -0.1) is 0 Å². The van der Waals surface area contributed by atoms with Gasteiger partial charge in [-0.2, -0.15) is 0 Å². The molecule has 0 aromatic carbocycles. The van der Waals surface area contributed by atoms with Gasteiger partial charge >= 0.3 is 0 Å². The van der Waals surface area contributed by atoms with E-state index in [1.165, 1.54) is 6.42 Å². The summed E-state index contributed by atoms with van der Waals surface area (Å²) in [5.41, 5.74) is 6.40. The van der Waals surface area contributed by atoms with E-state index in [1.807, 2.05) is 0 Å². The molecule has 0 aromatic rings. The molecule has 0 aliphatic heterocycles. The van der Waals surface area contributed by atoms with E-state index in [0.29, 0.717) is 19.1 Å². The van der Waals surface area contributed by atoms with Crippen LogP contribution in [0.25, 0.3) is 0 Å². The van der Waals surface area contributed by atoms with E-state index in [0.717, 1.165) is 24.5 Å². The van der Waals surface area contributed by atoms with E-state index in [4.69, 9.17) is 10.5 Å². The minimum atomic E-state index is 0.528. The van der Waals surface area contributed by atoms with Crippen LogP contribution < -0.4 is 5.73 Å². The average Bonchev–Trinajstić information content (AvgIpc) is 2.20. The second-order valence-electron chi connectivity index (χ2n) is 4.15. The molecule has 0 saturated heterocycles. The fraction of sp³-hybridized carbons (Fsp3) is 0.667. The maximum absolute atomic E-state index is 5.58. The average molecular weight is 195 g/mol. The highest BCUT2D eigenvalue weighted by Crippen LogP contribution is 2.24. The first-order valence-electron chi connectivity index (χ1n) is 5.33. The minimum Gasteiger partial charge on any atom is -0.377 e. The van der Waals surface area contributed by atoms with Gasteiger partial charge in [0.1, 0.15) is 0 Å². The molecule has 0 saturated carbocycles. The van der Waals surface area contributed by atoms with Crippen molar-refractivity contribution in [2.75, 3.05) is 19.8 Å². The van der Waals surface area contributed by atoms with Crippen LogP contribution >= 0.6 is 0 Å². The van der Waals surface area contributed by atoms with E-state index in [2.05, 4.69) is 25.7 Å². The van der Waals surface area contributed by atoms with Crippen LogP contribution in [0.3, 0.4) is 0 Å². The second kappa shape index (κ2) is 5.99. The summed E-state index contributed by atoms with van der Waals surface area (Å²) in [6, 6.07) is 0. The van der Waals surface area contributed by atoms with E-state index < -0.39 is 0 Å². The summed E-state index contributed by atoms with van der Waals surface area (Å²) in [6.45, 7) is 8.08. The van der Waals surface area contributed by atoms with Crippen LogP contribution in [0, 0.1) is 11.8 Å². The molecule has 0 aromatic heterocycles. The molecule has 1 aliphatic carbocycles.